The Balaban J connectivity index is 1.55. The number of benzene rings is 1. The van der Waals surface area contributed by atoms with E-state index >= 15 is 0 Å². The minimum Gasteiger partial charge on any atom is -0.450 e. The van der Waals surface area contributed by atoms with Crippen LogP contribution < -0.4 is 5.32 Å². The van der Waals surface area contributed by atoms with E-state index in [9.17, 15) is 14.4 Å². The van der Waals surface area contributed by atoms with Crippen molar-refractivity contribution in [3.63, 3.8) is 0 Å². The monoisotopic (exact) mass is 397 g/mol. The zero-order chi connectivity index (χ0) is 19.5. The molecular weight excluding hydrogens is 382 g/mol. The Bertz CT molecular complexity index is 1020. The third-order valence-corrected chi connectivity index (χ3v) is 4.88. The van der Waals surface area contributed by atoms with Crippen LogP contribution in [-0.2, 0) is 9.53 Å². The van der Waals surface area contributed by atoms with Gasteiger partial charge >= 0.3 is 12.0 Å². The van der Waals surface area contributed by atoms with Gasteiger partial charge in [-0.1, -0.05) is 24.3 Å². The lowest BCUT2D eigenvalue weighted by atomic mass is 10.3. The maximum absolute atomic E-state index is 12.4. The van der Waals surface area contributed by atoms with Crippen molar-refractivity contribution in [1.82, 2.24) is 25.0 Å². The van der Waals surface area contributed by atoms with Crippen molar-refractivity contribution in [2.75, 3.05) is 19.7 Å². The van der Waals surface area contributed by atoms with Gasteiger partial charge in [-0.05, 0) is 23.6 Å². The molecule has 9 nitrogen and oxygen atoms in total. The summed E-state index contributed by atoms with van der Waals surface area (Å²) in [6, 6.07) is 12.5. The Morgan fingerprint density at radius 1 is 1.18 bits per heavy atom. The SMILES string of the molecule is O=C(OCC(=O)N1CCNC1=O)c1nc(-c2cccs2)n(-c2ccccc2)n1. The standard InChI is InChI=1S/C18H15N5O4S/c24-14(22-9-8-19-18(22)26)11-27-17(25)15-20-16(13-7-4-10-28-13)23(21-15)12-5-2-1-3-6-12/h1-7,10H,8-9,11H2,(H,19,26). The highest BCUT2D eigenvalue weighted by atomic mass is 32.1. The van der Waals surface area contributed by atoms with E-state index in [2.05, 4.69) is 15.4 Å². The Kier molecular flexibility index (Phi) is 4.85. The number of aromatic nitrogens is 3. The highest BCUT2D eigenvalue weighted by molar-refractivity contribution is 7.13. The average Bonchev–Trinajstić information content (AvgIpc) is 3.46. The Morgan fingerprint density at radius 2 is 2.00 bits per heavy atom. The second-order valence-electron chi connectivity index (χ2n) is 5.84. The summed E-state index contributed by atoms with van der Waals surface area (Å²) in [5, 5.41) is 8.67. The van der Waals surface area contributed by atoms with Crippen LogP contribution in [0.25, 0.3) is 16.4 Å². The fourth-order valence-corrected chi connectivity index (χ4v) is 3.39. The van der Waals surface area contributed by atoms with Crippen LogP contribution >= 0.6 is 11.3 Å². The van der Waals surface area contributed by atoms with E-state index in [0.717, 1.165) is 15.5 Å². The van der Waals surface area contributed by atoms with Gasteiger partial charge in [0.05, 0.1) is 10.6 Å². The van der Waals surface area contributed by atoms with Crippen LogP contribution in [0.15, 0.2) is 47.8 Å². The van der Waals surface area contributed by atoms with E-state index in [1.165, 1.54) is 11.3 Å². The zero-order valence-electron chi connectivity index (χ0n) is 14.6. The van der Waals surface area contributed by atoms with Gasteiger partial charge in [0.1, 0.15) is 0 Å². The van der Waals surface area contributed by atoms with Gasteiger partial charge in [0.2, 0.25) is 0 Å². The molecule has 3 aromatic rings. The molecule has 0 spiro atoms. The molecule has 142 valence electrons. The summed E-state index contributed by atoms with van der Waals surface area (Å²) in [6.45, 7) is 0.0742. The van der Waals surface area contributed by atoms with Crippen molar-refractivity contribution >= 4 is 29.2 Å². The molecule has 10 heteroatoms. The second kappa shape index (κ2) is 7.61. The molecule has 0 saturated carbocycles. The maximum atomic E-state index is 12.4. The van der Waals surface area contributed by atoms with Crippen LogP contribution in [0.3, 0.4) is 0 Å². The number of carbonyl (C=O) groups is 3. The molecule has 1 saturated heterocycles. The number of urea groups is 1. The summed E-state index contributed by atoms with van der Waals surface area (Å²) >= 11 is 1.46. The van der Waals surface area contributed by atoms with Gasteiger partial charge in [0.15, 0.2) is 12.4 Å². The number of nitrogens with one attached hydrogen (secondary N) is 1. The number of imide groups is 1. The van der Waals surface area contributed by atoms with E-state index in [1.807, 2.05) is 47.8 Å². The van der Waals surface area contributed by atoms with E-state index in [-0.39, 0.29) is 12.4 Å². The van der Waals surface area contributed by atoms with Crippen molar-refractivity contribution in [3.05, 3.63) is 53.7 Å². The van der Waals surface area contributed by atoms with Crippen molar-refractivity contribution in [3.8, 4) is 16.4 Å². The van der Waals surface area contributed by atoms with Crippen LogP contribution in [0.5, 0.6) is 0 Å². The van der Waals surface area contributed by atoms with Gasteiger partial charge < -0.3 is 10.1 Å². The number of nitrogens with zero attached hydrogens (tertiary/aromatic N) is 4. The molecule has 1 aliphatic heterocycles. The molecule has 0 atom stereocenters. The molecule has 0 bridgehead atoms. The van der Waals surface area contributed by atoms with Crippen molar-refractivity contribution < 1.29 is 19.1 Å². The third-order valence-electron chi connectivity index (χ3n) is 4.02. The van der Waals surface area contributed by atoms with Crippen LogP contribution in [0.1, 0.15) is 10.6 Å². The summed E-state index contributed by atoms with van der Waals surface area (Å²) in [5.41, 5.74) is 0.738. The fraction of sp³-hybridized carbons (Fsp3) is 0.167. The first-order valence-corrected chi connectivity index (χ1v) is 9.33. The number of carbonyl (C=O) groups excluding carboxylic acids is 3. The summed E-state index contributed by atoms with van der Waals surface area (Å²) in [7, 11) is 0. The van der Waals surface area contributed by atoms with Gasteiger partial charge in [-0.15, -0.1) is 16.4 Å². The number of hydrogen-bond acceptors (Lipinski definition) is 7. The number of thiophene rings is 1. The molecule has 0 radical (unpaired) electrons. The van der Waals surface area contributed by atoms with Gasteiger partial charge in [-0.3, -0.25) is 9.69 Å². The first kappa shape index (κ1) is 17.9. The maximum Gasteiger partial charge on any atom is 0.378 e. The molecule has 1 N–H and O–H groups in total. The minimum absolute atomic E-state index is 0.161. The number of ether oxygens (including phenoxy) is 1. The van der Waals surface area contributed by atoms with Gasteiger partial charge in [0, 0.05) is 13.1 Å². The lowest BCUT2D eigenvalue weighted by Gasteiger charge is -2.11. The lowest BCUT2D eigenvalue weighted by molar-refractivity contribution is -0.130. The Hall–Kier alpha value is -3.53. The highest BCUT2D eigenvalue weighted by Crippen LogP contribution is 2.25. The second-order valence-corrected chi connectivity index (χ2v) is 6.78. The molecule has 1 fully saturated rings. The lowest BCUT2D eigenvalue weighted by Crippen LogP contribution is -2.37. The van der Waals surface area contributed by atoms with Crippen molar-refractivity contribution in [1.29, 1.82) is 0 Å². The minimum atomic E-state index is -0.833. The number of amides is 3. The molecule has 0 unspecified atom stereocenters. The van der Waals surface area contributed by atoms with Gasteiger partial charge in [-0.25, -0.2) is 14.3 Å². The predicted octanol–water partition coefficient (Wildman–Crippen LogP) is 1.70. The molecular formula is C18H15N5O4S. The zero-order valence-corrected chi connectivity index (χ0v) is 15.4. The summed E-state index contributed by atoms with van der Waals surface area (Å²) in [5.74, 6) is -1.09. The number of hydrogen-bond donors (Lipinski definition) is 1. The van der Waals surface area contributed by atoms with Crippen molar-refractivity contribution in [2.24, 2.45) is 0 Å². The van der Waals surface area contributed by atoms with Crippen molar-refractivity contribution in [2.45, 2.75) is 0 Å². The smallest absolute Gasteiger partial charge is 0.378 e. The predicted molar refractivity (Wildman–Crippen MR) is 100 cm³/mol. The molecule has 4 rings (SSSR count). The Morgan fingerprint density at radius 3 is 2.68 bits per heavy atom. The first-order valence-electron chi connectivity index (χ1n) is 8.45. The van der Waals surface area contributed by atoms with E-state index < -0.39 is 24.5 Å². The summed E-state index contributed by atoms with van der Waals surface area (Å²) in [4.78, 5) is 42.0. The quantitative estimate of drug-likeness (QED) is 0.657. The summed E-state index contributed by atoms with van der Waals surface area (Å²) < 4.78 is 6.58. The van der Waals surface area contributed by atoms with E-state index in [0.29, 0.717) is 12.4 Å². The highest BCUT2D eigenvalue weighted by Gasteiger charge is 2.28. The third kappa shape index (κ3) is 3.49. The first-order chi connectivity index (χ1) is 13.6. The van der Waals surface area contributed by atoms with Gasteiger partial charge in [-0.2, -0.15) is 4.98 Å². The number of rotatable bonds is 5. The van der Waals surface area contributed by atoms with Crippen LogP contribution in [0.4, 0.5) is 4.79 Å². The van der Waals surface area contributed by atoms with Crippen LogP contribution in [0.2, 0.25) is 0 Å². The van der Waals surface area contributed by atoms with Gasteiger partial charge in [0.25, 0.3) is 11.7 Å². The topological polar surface area (TPSA) is 106 Å². The largest absolute Gasteiger partial charge is 0.450 e. The van der Waals surface area contributed by atoms with E-state index in [1.54, 1.807) is 4.68 Å². The number of esters is 1. The van der Waals surface area contributed by atoms with Crippen LogP contribution in [0, 0.1) is 0 Å². The molecule has 0 aliphatic carbocycles. The molecule has 1 aromatic carbocycles. The average molecular weight is 397 g/mol. The summed E-state index contributed by atoms with van der Waals surface area (Å²) in [6.07, 6.45) is 0. The molecule has 3 amide bonds. The van der Waals surface area contributed by atoms with E-state index in [4.69, 9.17) is 4.74 Å². The van der Waals surface area contributed by atoms with Crippen LogP contribution in [-0.4, -0.2) is 57.3 Å². The molecule has 2 aromatic heterocycles. The fourth-order valence-electron chi connectivity index (χ4n) is 2.69. The molecule has 3 heterocycles. The number of para-hydroxylation sites is 1. The molecule has 1 aliphatic rings. The molecule has 28 heavy (non-hydrogen) atoms. The normalized spacial score (nSPS) is 13.4. The Labute approximate surface area is 163 Å².